The first-order chi connectivity index (χ1) is 11.3. The van der Waals surface area contributed by atoms with Gasteiger partial charge in [-0.05, 0) is 31.5 Å². The number of aromatic nitrogens is 2. The van der Waals surface area contributed by atoms with E-state index in [0.717, 1.165) is 16.9 Å². The van der Waals surface area contributed by atoms with Crippen molar-refractivity contribution in [3.05, 3.63) is 29.6 Å². The molecule has 2 rings (SSSR count). The molecule has 0 bridgehead atoms. The molecule has 0 radical (unpaired) electrons. The largest absolute Gasteiger partial charge is 0.342 e. The smallest absolute Gasteiger partial charge is 0.104 e. The van der Waals surface area contributed by atoms with Crippen molar-refractivity contribution in [1.82, 2.24) is 9.97 Å². The zero-order valence-corrected chi connectivity index (χ0v) is 11.2. The molecule has 0 saturated carbocycles. The van der Waals surface area contributed by atoms with Gasteiger partial charge in [0.2, 0.25) is 0 Å². The van der Waals surface area contributed by atoms with Gasteiger partial charge in [0, 0.05) is 54.9 Å². The van der Waals surface area contributed by atoms with Gasteiger partial charge in [-0.15, -0.1) is 0 Å². The molecule has 0 unspecified atom stereocenters. The van der Waals surface area contributed by atoms with Crippen molar-refractivity contribution >= 4 is 11.0 Å². The Bertz CT molecular complexity index is 410. The third kappa shape index (κ3) is 17.8. The highest BCUT2D eigenvalue weighted by Gasteiger charge is 1.96. The topological polar surface area (TPSA) is 28.7 Å². The van der Waals surface area contributed by atoms with Crippen LogP contribution in [0.3, 0.4) is 0 Å². The van der Waals surface area contributed by atoms with Gasteiger partial charge in [-0.1, -0.05) is 6.07 Å². The summed E-state index contributed by atoms with van der Waals surface area (Å²) >= 11 is 0. The molecule has 2 aromatic rings. The van der Waals surface area contributed by atoms with Gasteiger partial charge in [-0.2, -0.15) is 0 Å². The highest BCUT2D eigenvalue weighted by molar-refractivity contribution is 5.75. The predicted octanol–water partition coefficient (Wildman–Crippen LogP) is 7.22. The molecule has 0 aliphatic carbocycles. The van der Waals surface area contributed by atoms with Gasteiger partial charge in [-0.3, -0.25) is 0 Å². The summed E-state index contributed by atoms with van der Waals surface area (Å²) < 4.78 is 96.0. The van der Waals surface area contributed by atoms with Crippen LogP contribution < -0.4 is 0 Å². The molecular weight excluding hydrogens is 364 g/mol. The van der Waals surface area contributed by atoms with Crippen LogP contribution >= 0.6 is 0 Å². The van der Waals surface area contributed by atoms with Gasteiger partial charge in [0.15, 0.2) is 0 Å². The Morgan fingerprint density at radius 3 is 1.48 bits per heavy atom. The number of fused-ring (bicyclic) bond motifs is 1. The molecule has 140 valence electrons. The van der Waals surface area contributed by atoms with E-state index in [0.29, 0.717) is 0 Å². The van der Waals surface area contributed by atoms with E-state index in [1.54, 1.807) is 0 Å². The van der Waals surface area contributed by atoms with E-state index in [1.807, 2.05) is 13.0 Å². The molecule has 0 amide bonds. The lowest BCUT2D eigenvalue weighted by Gasteiger charge is -1.89. The van der Waals surface area contributed by atoms with E-state index in [2.05, 4.69) is 29.0 Å². The van der Waals surface area contributed by atoms with Crippen molar-refractivity contribution in [2.24, 2.45) is 0 Å². The minimum Gasteiger partial charge on any atom is -0.342 e. The second-order valence-electron chi connectivity index (χ2n) is 2.84. The average Bonchev–Trinajstić information content (AvgIpc) is 3.04. The summed E-state index contributed by atoms with van der Waals surface area (Å²) in [6.07, 6.45) is 0. The Morgan fingerprint density at radius 1 is 0.696 bits per heavy atom. The summed E-state index contributed by atoms with van der Waals surface area (Å²) in [7, 11) is 0. The van der Waals surface area contributed by atoms with Gasteiger partial charge in [0.05, 0.1) is 11.0 Å². The predicted molar refractivity (Wildman–Crippen MR) is 58.9 cm³/mol. The molecule has 0 saturated heterocycles. The maximum absolute atomic E-state index is 8.00. The number of imidazole rings is 1. The molecule has 0 spiro atoms. The lowest BCUT2D eigenvalue weighted by Crippen LogP contribution is -1.71. The highest BCUT2D eigenvalue weighted by Crippen LogP contribution is 2.12. The minimum atomic E-state index is 0.977. The highest BCUT2D eigenvalue weighted by atomic mass is 20.0. The Hall–Kier alpha value is -2.15. The fourth-order valence-electron chi connectivity index (χ4n) is 1.25. The van der Waals surface area contributed by atoms with Crippen LogP contribution in [0.1, 0.15) is 11.4 Å². The number of aromatic amines is 1. The molecule has 1 aromatic heterocycles. The fourth-order valence-corrected chi connectivity index (χ4v) is 1.25. The SMILES string of the molecule is Cc1ccc2nc(C)[nH]c2c1.FF.FF.FF.FF.FF.FF. The Balaban J connectivity index is -0.0000000771. The van der Waals surface area contributed by atoms with Crippen LogP contribution in [0.4, 0.5) is 54.9 Å². The Labute approximate surface area is 120 Å². The van der Waals surface area contributed by atoms with Crippen LogP contribution in [0.5, 0.6) is 0 Å². The van der Waals surface area contributed by atoms with Crippen LogP contribution in [-0.4, -0.2) is 9.97 Å². The van der Waals surface area contributed by atoms with E-state index >= 15 is 0 Å². The Morgan fingerprint density at radius 2 is 1.09 bits per heavy atom. The summed E-state index contributed by atoms with van der Waals surface area (Å²) in [6, 6.07) is 6.21. The van der Waals surface area contributed by atoms with Crippen LogP contribution in [0.15, 0.2) is 18.2 Å². The lowest BCUT2D eigenvalue weighted by atomic mass is 10.2. The second-order valence-corrected chi connectivity index (χ2v) is 2.84. The average molecular weight is 374 g/mol. The fraction of sp³-hybridized carbons (Fsp3) is 0.222. The molecule has 14 heteroatoms. The first-order valence-corrected chi connectivity index (χ1v) is 4.54. The molecule has 1 heterocycles. The monoisotopic (exact) mass is 374 g/mol. The molecule has 2 nitrogen and oxygen atoms in total. The summed E-state index contributed by atoms with van der Waals surface area (Å²) in [6.45, 7) is 4.05. The maximum atomic E-state index is 8.00. The number of hydrogen-bond acceptors (Lipinski definition) is 1. The molecule has 1 aromatic carbocycles. The number of hydrogen-bond donors (Lipinski definition) is 1. The van der Waals surface area contributed by atoms with Crippen LogP contribution in [-0.2, 0) is 0 Å². The lowest BCUT2D eigenvalue weighted by molar-refractivity contribution is 0.108. The molecule has 1 N–H and O–H groups in total. The van der Waals surface area contributed by atoms with Crippen LogP contribution in [0.25, 0.3) is 11.0 Å². The third-order valence-electron chi connectivity index (χ3n) is 1.76. The van der Waals surface area contributed by atoms with Gasteiger partial charge in [0.1, 0.15) is 5.82 Å². The van der Waals surface area contributed by atoms with Gasteiger partial charge < -0.3 is 4.98 Å². The van der Waals surface area contributed by atoms with Crippen molar-refractivity contribution in [1.29, 1.82) is 0 Å². The number of benzene rings is 1. The third-order valence-corrected chi connectivity index (χ3v) is 1.76. The van der Waals surface area contributed by atoms with E-state index in [9.17, 15) is 0 Å². The zero-order chi connectivity index (χ0) is 19.8. The molecular formula is C9H10F12N2. The van der Waals surface area contributed by atoms with E-state index < -0.39 is 0 Å². The second kappa shape index (κ2) is 32.0. The molecule has 0 aliphatic rings. The number of halogens is 12. The molecule has 0 aliphatic heterocycles. The van der Waals surface area contributed by atoms with Crippen LogP contribution in [0.2, 0.25) is 0 Å². The van der Waals surface area contributed by atoms with E-state index in [-0.39, 0.29) is 0 Å². The summed E-state index contributed by atoms with van der Waals surface area (Å²) in [4.78, 5) is 7.49. The van der Waals surface area contributed by atoms with Gasteiger partial charge in [0.25, 0.3) is 0 Å². The van der Waals surface area contributed by atoms with Crippen molar-refractivity contribution in [2.75, 3.05) is 0 Å². The summed E-state index contributed by atoms with van der Waals surface area (Å²) in [5.74, 6) is 0.977. The quantitative estimate of drug-likeness (QED) is 0.485. The van der Waals surface area contributed by atoms with Gasteiger partial charge >= 0.3 is 0 Å². The Kier molecular flexibility index (Phi) is 45.5. The van der Waals surface area contributed by atoms with Crippen LogP contribution in [0, 0.1) is 13.8 Å². The van der Waals surface area contributed by atoms with E-state index in [4.69, 9.17) is 54.9 Å². The van der Waals surface area contributed by atoms with E-state index in [1.165, 1.54) is 5.56 Å². The standard InChI is InChI=1S/C9H10N2.6F2/c1-6-3-4-8-9(5-6)11-7(2)10-8;6*1-2/h3-5H,1-2H3,(H,10,11);;;;;;. The number of H-pyrrole nitrogens is 1. The van der Waals surface area contributed by atoms with Gasteiger partial charge in [-0.25, -0.2) is 4.98 Å². The maximum Gasteiger partial charge on any atom is 0.104 e. The summed E-state index contributed by atoms with van der Waals surface area (Å²) in [5, 5.41) is 0. The summed E-state index contributed by atoms with van der Waals surface area (Å²) in [5.41, 5.74) is 3.44. The first kappa shape index (κ1) is 32.7. The number of nitrogens with one attached hydrogen (secondary N) is 1. The number of nitrogens with zero attached hydrogens (tertiary/aromatic N) is 1. The molecule has 0 atom stereocenters. The normalized spacial score (nSPS) is 6.70. The molecule has 23 heavy (non-hydrogen) atoms. The first-order valence-electron chi connectivity index (χ1n) is 4.54. The zero-order valence-electron chi connectivity index (χ0n) is 11.2. The van der Waals surface area contributed by atoms with Crippen molar-refractivity contribution in [3.63, 3.8) is 0 Å². The number of rotatable bonds is 0. The van der Waals surface area contributed by atoms with Crippen molar-refractivity contribution in [2.45, 2.75) is 13.8 Å². The minimum absolute atomic E-state index is 0.977. The number of aryl methyl sites for hydroxylation is 2. The molecule has 0 fully saturated rings. The van der Waals surface area contributed by atoms with Crippen molar-refractivity contribution in [3.8, 4) is 0 Å². The van der Waals surface area contributed by atoms with Crippen molar-refractivity contribution < 1.29 is 54.9 Å².